The highest BCUT2D eigenvalue weighted by Crippen LogP contribution is 2.68. The van der Waals surface area contributed by atoms with E-state index in [1.807, 2.05) is 42.5 Å². The molecule has 4 fully saturated rings. The van der Waals surface area contributed by atoms with E-state index in [9.17, 15) is 9.90 Å². The van der Waals surface area contributed by atoms with E-state index in [1.54, 1.807) is 6.07 Å². The van der Waals surface area contributed by atoms with Gasteiger partial charge in [0, 0.05) is 11.3 Å². The van der Waals surface area contributed by atoms with Gasteiger partial charge < -0.3 is 10.4 Å². The minimum absolute atomic E-state index is 0.0808. The van der Waals surface area contributed by atoms with E-state index in [-0.39, 0.29) is 5.91 Å². The monoisotopic (exact) mass is 471 g/mol. The van der Waals surface area contributed by atoms with Crippen molar-refractivity contribution in [2.45, 2.75) is 84.0 Å². The Morgan fingerprint density at radius 3 is 2.60 bits per heavy atom. The smallest absolute Gasteiger partial charge is 0.255 e. The number of hydrogen-bond acceptors (Lipinski definition) is 2. The molecule has 1 amide bonds. The van der Waals surface area contributed by atoms with Gasteiger partial charge in [-0.2, -0.15) is 0 Å². The van der Waals surface area contributed by atoms with Gasteiger partial charge in [-0.15, -0.1) is 0 Å². The molecule has 0 aliphatic heterocycles. The molecule has 0 spiro atoms. The molecular weight excluding hydrogens is 430 g/mol. The molecule has 2 aromatic carbocycles. The van der Waals surface area contributed by atoms with Crippen LogP contribution in [0.2, 0.25) is 0 Å². The molecule has 35 heavy (non-hydrogen) atoms. The molecule has 2 unspecified atom stereocenters. The van der Waals surface area contributed by atoms with Crippen LogP contribution in [0.4, 0.5) is 5.69 Å². The zero-order valence-corrected chi connectivity index (χ0v) is 21.4. The van der Waals surface area contributed by atoms with Crippen LogP contribution in [0.25, 0.3) is 0 Å². The summed E-state index contributed by atoms with van der Waals surface area (Å²) >= 11 is 0. The van der Waals surface area contributed by atoms with Gasteiger partial charge in [-0.3, -0.25) is 4.79 Å². The topological polar surface area (TPSA) is 49.3 Å². The maximum absolute atomic E-state index is 13.0. The zero-order valence-electron chi connectivity index (χ0n) is 21.4. The van der Waals surface area contributed by atoms with Crippen LogP contribution in [0.1, 0.15) is 99.9 Å². The van der Waals surface area contributed by atoms with Gasteiger partial charge in [0.1, 0.15) is 5.75 Å². The fraction of sp³-hybridized carbons (Fsp3) is 0.594. The van der Waals surface area contributed by atoms with Crippen molar-refractivity contribution in [1.82, 2.24) is 0 Å². The summed E-state index contributed by atoms with van der Waals surface area (Å²) in [6.07, 6.45) is 13.7. The summed E-state index contributed by atoms with van der Waals surface area (Å²) in [5.41, 5.74) is 3.58. The van der Waals surface area contributed by atoms with Crippen molar-refractivity contribution in [1.29, 1.82) is 0 Å². The first-order chi connectivity index (χ1) is 16.9. The standard InChI is InChI=1S/C32H41NO2/c1-31-17-15-27-25(13-11-23-10-6-7-16-32(23,27)2)28(31)18-22(20-31)26-19-24(34)12-14-29(26)33-30(35)21-8-4-3-5-9-21/h3-5,8-9,12,14,19,22-23,25,27-28,34H,6-7,10-11,13,15-18,20H2,1-2H3,(H,33,35)/t22?,23?,25-,27-,28+,31-,32+/m1/s1. The van der Waals surface area contributed by atoms with E-state index in [0.29, 0.717) is 28.1 Å². The van der Waals surface area contributed by atoms with Crippen LogP contribution in [0.15, 0.2) is 48.5 Å². The number of benzene rings is 2. The second-order valence-electron chi connectivity index (χ2n) is 12.8. The Hall–Kier alpha value is -2.29. The van der Waals surface area contributed by atoms with Gasteiger partial charge in [-0.25, -0.2) is 0 Å². The Morgan fingerprint density at radius 2 is 1.77 bits per heavy atom. The summed E-state index contributed by atoms with van der Waals surface area (Å²) in [6.45, 7) is 5.20. The molecule has 3 heteroatoms. The van der Waals surface area contributed by atoms with E-state index in [2.05, 4.69) is 19.2 Å². The fourth-order valence-electron chi connectivity index (χ4n) is 9.38. The van der Waals surface area contributed by atoms with E-state index in [1.165, 1.54) is 64.2 Å². The molecule has 0 heterocycles. The highest BCUT2D eigenvalue weighted by atomic mass is 16.3. The average molecular weight is 472 g/mol. The number of aromatic hydroxyl groups is 1. The van der Waals surface area contributed by atoms with Crippen molar-refractivity contribution in [2.24, 2.45) is 34.5 Å². The number of carbonyl (C=O) groups is 1. The summed E-state index contributed by atoms with van der Waals surface area (Å²) < 4.78 is 0. The normalized spacial score (nSPS) is 38.2. The van der Waals surface area contributed by atoms with Crippen molar-refractivity contribution in [2.75, 3.05) is 5.32 Å². The second kappa shape index (κ2) is 8.68. The van der Waals surface area contributed by atoms with Crippen molar-refractivity contribution in [3.8, 4) is 5.75 Å². The van der Waals surface area contributed by atoms with E-state index >= 15 is 0 Å². The molecular formula is C32H41NO2. The lowest BCUT2D eigenvalue weighted by Crippen LogP contribution is -2.51. The Morgan fingerprint density at radius 1 is 0.943 bits per heavy atom. The summed E-state index contributed by atoms with van der Waals surface area (Å²) in [5.74, 6) is 4.04. The molecule has 2 N–H and O–H groups in total. The largest absolute Gasteiger partial charge is 0.508 e. The van der Waals surface area contributed by atoms with E-state index in [0.717, 1.165) is 34.9 Å². The predicted octanol–water partition coefficient (Wildman–Crippen LogP) is 8.16. The van der Waals surface area contributed by atoms with E-state index in [4.69, 9.17) is 0 Å². The number of fused-ring (bicyclic) bond motifs is 5. The average Bonchev–Trinajstić information content (AvgIpc) is 3.23. The Kier molecular flexibility index (Phi) is 5.73. The lowest BCUT2D eigenvalue weighted by molar-refractivity contribution is -0.103. The van der Waals surface area contributed by atoms with Crippen molar-refractivity contribution in [3.05, 3.63) is 59.7 Å². The molecule has 4 saturated carbocycles. The fourth-order valence-corrected chi connectivity index (χ4v) is 9.38. The van der Waals surface area contributed by atoms with Crippen LogP contribution < -0.4 is 5.32 Å². The van der Waals surface area contributed by atoms with Gasteiger partial charge in [0.05, 0.1) is 0 Å². The first-order valence-corrected chi connectivity index (χ1v) is 14.1. The SMILES string of the molecule is C[C@]12CC[C@@H]3[C@@H](CCC4CCCC[C@@]43C)[C@@H]1CC(c1cc(O)ccc1NC(=O)c1ccccc1)C2. The number of phenolic OH excluding ortho intramolecular Hbond substituents is 1. The van der Waals surface area contributed by atoms with Gasteiger partial charge in [0.2, 0.25) is 0 Å². The molecule has 4 aliphatic carbocycles. The molecule has 7 atom stereocenters. The van der Waals surface area contributed by atoms with E-state index < -0.39 is 0 Å². The van der Waals surface area contributed by atoms with Crippen LogP contribution in [0, 0.1) is 34.5 Å². The molecule has 0 aromatic heterocycles. The van der Waals surface area contributed by atoms with Crippen molar-refractivity contribution >= 4 is 11.6 Å². The lowest BCUT2D eigenvalue weighted by atomic mass is 9.45. The molecule has 186 valence electrons. The minimum atomic E-state index is -0.0808. The third kappa shape index (κ3) is 3.90. The summed E-state index contributed by atoms with van der Waals surface area (Å²) in [4.78, 5) is 13.0. The lowest BCUT2D eigenvalue weighted by Gasteiger charge is -2.60. The number of amides is 1. The van der Waals surface area contributed by atoms with Gasteiger partial charge in [0.25, 0.3) is 5.91 Å². The van der Waals surface area contributed by atoms with Gasteiger partial charge >= 0.3 is 0 Å². The third-order valence-electron chi connectivity index (χ3n) is 11.1. The number of hydrogen-bond donors (Lipinski definition) is 2. The zero-order chi connectivity index (χ0) is 24.2. The molecule has 4 aliphatic rings. The van der Waals surface area contributed by atoms with Crippen LogP contribution in [-0.2, 0) is 0 Å². The molecule has 2 aromatic rings. The summed E-state index contributed by atoms with van der Waals surface area (Å²) in [6, 6.07) is 14.9. The Labute approximate surface area is 210 Å². The van der Waals surface area contributed by atoms with Crippen LogP contribution in [0.5, 0.6) is 5.75 Å². The van der Waals surface area contributed by atoms with Gasteiger partial charge in [0.15, 0.2) is 0 Å². The Bertz CT molecular complexity index is 1100. The maximum atomic E-state index is 13.0. The molecule has 3 nitrogen and oxygen atoms in total. The highest BCUT2D eigenvalue weighted by Gasteiger charge is 2.58. The first kappa shape index (κ1) is 23.1. The van der Waals surface area contributed by atoms with Gasteiger partial charge in [-0.05, 0) is 128 Å². The number of phenols is 1. The second-order valence-corrected chi connectivity index (χ2v) is 12.8. The molecule has 0 radical (unpaired) electrons. The number of carbonyl (C=O) groups excluding carboxylic acids is 1. The molecule has 0 saturated heterocycles. The predicted molar refractivity (Wildman–Crippen MR) is 142 cm³/mol. The molecule has 0 bridgehead atoms. The minimum Gasteiger partial charge on any atom is -0.508 e. The maximum Gasteiger partial charge on any atom is 0.255 e. The number of rotatable bonds is 3. The number of nitrogens with one attached hydrogen (secondary N) is 1. The number of anilines is 1. The summed E-state index contributed by atoms with van der Waals surface area (Å²) in [7, 11) is 0. The Balaban J connectivity index is 1.27. The van der Waals surface area contributed by atoms with Crippen molar-refractivity contribution in [3.63, 3.8) is 0 Å². The third-order valence-corrected chi connectivity index (χ3v) is 11.1. The first-order valence-electron chi connectivity index (χ1n) is 14.1. The van der Waals surface area contributed by atoms with Gasteiger partial charge in [-0.1, -0.05) is 44.9 Å². The van der Waals surface area contributed by atoms with Crippen LogP contribution >= 0.6 is 0 Å². The molecule has 6 rings (SSSR count). The summed E-state index contributed by atoms with van der Waals surface area (Å²) in [5, 5.41) is 13.6. The van der Waals surface area contributed by atoms with Crippen molar-refractivity contribution < 1.29 is 9.90 Å². The highest BCUT2D eigenvalue weighted by molar-refractivity contribution is 6.04. The van der Waals surface area contributed by atoms with Crippen LogP contribution in [0.3, 0.4) is 0 Å². The van der Waals surface area contributed by atoms with Crippen LogP contribution in [-0.4, -0.2) is 11.0 Å². The quantitative estimate of drug-likeness (QED) is 0.444.